The van der Waals surface area contributed by atoms with Gasteiger partial charge in [0, 0.05) is 6.42 Å². The van der Waals surface area contributed by atoms with Crippen molar-refractivity contribution in [1.29, 1.82) is 0 Å². The summed E-state index contributed by atoms with van der Waals surface area (Å²) >= 11 is 2.89. The molecule has 2 amide bonds. The molecule has 4 heterocycles. The van der Waals surface area contributed by atoms with Crippen LogP contribution < -0.4 is 10.1 Å². The van der Waals surface area contributed by atoms with Crippen molar-refractivity contribution >= 4 is 40.6 Å². The lowest BCUT2D eigenvalue weighted by Gasteiger charge is -2.22. The van der Waals surface area contributed by atoms with Crippen LogP contribution >= 0.6 is 23.1 Å². The van der Waals surface area contributed by atoms with Gasteiger partial charge in [0.2, 0.25) is 0 Å². The van der Waals surface area contributed by atoms with Gasteiger partial charge in [-0.2, -0.15) is 5.10 Å². The van der Waals surface area contributed by atoms with E-state index < -0.39 is 0 Å². The van der Waals surface area contributed by atoms with Crippen molar-refractivity contribution in [2.24, 2.45) is 5.10 Å². The molecule has 1 aliphatic heterocycles. The van der Waals surface area contributed by atoms with Gasteiger partial charge in [-0.25, -0.2) is 5.01 Å². The average molecular weight is 627 g/mol. The second kappa shape index (κ2) is 12.9. The van der Waals surface area contributed by atoms with E-state index in [-0.39, 0.29) is 35.9 Å². The minimum Gasteiger partial charge on any atom is -0.497 e. The summed E-state index contributed by atoms with van der Waals surface area (Å²) in [5.74, 6) is 1.08. The number of hydrogen-bond donors (Lipinski definition) is 1. The first kappa shape index (κ1) is 29.4. The van der Waals surface area contributed by atoms with Crippen molar-refractivity contribution in [3.63, 3.8) is 0 Å². The Labute approximate surface area is 262 Å². The van der Waals surface area contributed by atoms with Crippen LogP contribution in [0.5, 0.6) is 5.75 Å². The minimum absolute atomic E-state index is 0.0929. The van der Waals surface area contributed by atoms with Crippen LogP contribution in [0.1, 0.15) is 50.4 Å². The molecule has 0 saturated heterocycles. The highest BCUT2D eigenvalue weighted by molar-refractivity contribution is 7.99. The van der Waals surface area contributed by atoms with Crippen LogP contribution in [0.3, 0.4) is 0 Å². The van der Waals surface area contributed by atoms with E-state index in [4.69, 9.17) is 14.3 Å². The summed E-state index contributed by atoms with van der Waals surface area (Å²) in [6.45, 7) is 4.14. The number of amides is 2. The smallest absolute Gasteiger partial charge is 0.287 e. The molecule has 1 N–H and O–H groups in total. The molecular weight excluding hydrogens is 597 g/mol. The predicted octanol–water partition coefficient (Wildman–Crippen LogP) is 5.95. The molecule has 3 aromatic heterocycles. The third-order valence-electron chi connectivity index (χ3n) is 7.25. The molecule has 0 saturated carbocycles. The molecule has 0 spiro atoms. The first-order valence-electron chi connectivity index (χ1n) is 13.9. The van der Waals surface area contributed by atoms with Crippen molar-refractivity contribution in [3.8, 4) is 11.4 Å². The van der Waals surface area contributed by atoms with Crippen LogP contribution in [0.25, 0.3) is 5.69 Å². The summed E-state index contributed by atoms with van der Waals surface area (Å²) in [6.07, 6.45) is 2.06. The zero-order valence-electron chi connectivity index (χ0n) is 24.4. The zero-order valence-corrected chi connectivity index (χ0v) is 26.0. The largest absolute Gasteiger partial charge is 0.497 e. The first-order chi connectivity index (χ1) is 21.4. The lowest BCUT2D eigenvalue weighted by Crippen LogP contribution is -2.28. The van der Waals surface area contributed by atoms with E-state index in [1.54, 1.807) is 35.6 Å². The van der Waals surface area contributed by atoms with Crippen molar-refractivity contribution < 1.29 is 18.7 Å². The number of nitrogens with zero attached hydrogens (tertiary/aromatic N) is 5. The maximum Gasteiger partial charge on any atom is 0.287 e. The van der Waals surface area contributed by atoms with E-state index in [0.717, 1.165) is 38.7 Å². The number of aryl methyl sites for hydroxylation is 2. The number of nitrogens with one attached hydrogen (secondary N) is 1. The monoisotopic (exact) mass is 626 g/mol. The van der Waals surface area contributed by atoms with Crippen LogP contribution in [0, 0.1) is 13.8 Å². The van der Waals surface area contributed by atoms with E-state index in [1.807, 2.05) is 78.4 Å². The highest BCUT2D eigenvalue weighted by atomic mass is 32.2. The highest BCUT2D eigenvalue weighted by Crippen LogP contribution is 2.35. The summed E-state index contributed by atoms with van der Waals surface area (Å²) < 4.78 is 12.4. The Morgan fingerprint density at radius 1 is 1.09 bits per heavy atom. The van der Waals surface area contributed by atoms with Gasteiger partial charge in [-0.1, -0.05) is 42.1 Å². The minimum atomic E-state index is -0.354. The number of hydrazone groups is 1. The van der Waals surface area contributed by atoms with Gasteiger partial charge in [0.15, 0.2) is 16.7 Å². The number of thiophene rings is 1. The number of aromatic nitrogens is 3. The number of methoxy groups -OCH3 is 1. The molecule has 0 unspecified atom stereocenters. The number of thioether (sulfide) groups is 1. The zero-order chi connectivity index (χ0) is 30.6. The van der Waals surface area contributed by atoms with Crippen LogP contribution in [0.4, 0.5) is 0 Å². The van der Waals surface area contributed by atoms with Crippen molar-refractivity contribution in [3.05, 3.63) is 112 Å². The fraction of sp³-hybridized carbons (Fsp3) is 0.219. The van der Waals surface area contributed by atoms with Crippen molar-refractivity contribution in [2.75, 3.05) is 12.9 Å². The van der Waals surface area contributed by atoms with Crippen LogP contribution in [-0.2, 0) is 11.3 Å². The Morgan fingerprint density at radius 2 is 1.93 bits per heavy atom. The lowest BCUT2D eigenvalue weighted by atomic mass is 10.0. The lowest BCUT2D eigenvalue weighted by molar-refractivity contribution is -0.130. The van der Waals surface area contributed by atoms with Gasteiger partial charge in [-0.15, -0.1) is 21.5 Å². The SMILES string of the molecule is COc1ccc([C@H]2CC(c3cccs3)=NN2C(=O)CSc2nnc(CNC(=O)c3ccco3)n2-c2cc(C)ccc2C)cc1. The summed E-state index contributed by atoms with van der Waals surface area (Å²) in [5.41, 5.74) is 4.81. The predicted molar refractivity (Wildman–Crippen MR) is 169 cm³/mol. The molecule has 2 aromatic carbocycles. The van der Waals surface area contributed by atoms with Gasteiger partial charge in [0.05, 0.1) is 48.0 Å². The number of rotatable bonds is 10. The summed E-state index contributed by atoms with van der Waals surface area (Å²) in [7, 11) is 1.63. The summed E-state index contributed by atoms with van der Waals surface area (Å²) in [6, 6.07) is 20.9. The fourth-order valence-corrected chi connectivity index (χ4v) is 6.51. The van der Waals surface area contributed by atoms with E-state index in [9.17, 15) is 9.59 Å². The van der Waals surface area contributed by atoms with Gasteiger partial charge in [0.1, 0.15) is 5.75 Å². The molecular formula is C32H30N6O4S2. The number of carbonyl (C=O) groups is 2. The standard InChI is InChI=1S/C32H30N6O4S2/c1-20-8-9-21(2)25(16-20)37-29(18-33-31(40)27-6-4-14-42-27)34-35-32(37)44-19-30(39)38-26(22-10-12-23(41-3)13-11-22)17-24(36-38)28-7-5-15-43-28/h4-16,26H,17-19H2,1-3H3,(H,33,40)/t26-/m1/s1. The van der Waals surface area contributed by atoms with Gasteiger partial charge >= 0.3 is 0 Å². The van der Waals surface area contributed by atoms with E-state index in [0.29, 0.717) is 17.4 Å². The fourth-order valence-electron chi connectivity index (χ4n) is 4.97. The third kappa shape index (κ3) is 6.17. The molecule has 1 atom stereocenters. The number of ether oxygens (including phenoxy) is 1. The van der Waals surface area contributed by atoms with E-state index in [1.165, 1.54) is 18.0 Å². The van der Waals surface area contributed by atoms with Gasteiger partial charge < -0.3 is 14.5 Å². The molecule has 6 rings (SSSR count). The van der Waals surface area contributed by atoms with Crippen molar-refractivity contribution in [1.82, 2.24) is 25.1 Å². The summed E-state index contributed by atoms with van der Waals surface area (Å²) in [5, 5.41) is 20.6. The van der Waals surface area contributed by atoms with Gasteiger partial charge in [-0.05, 0) is 72.3 Å². The quantitative estimate of drug-likeness (QED) is 0.191. The van der Waals surface area contributed by atoms with Crippen LogP contribution in [0.15, 0.2) is 93.0 Å². The normalized spacial score (nSPS) is 14.5. The first-order valence-corrected chi connectivity index (χ1v) is 15.8. The number of benzene rings is 2. The second-order valence-electron chi connectivity index (χ2n) is 10.2. The maximum absolute atomic E-state index is 13.8. The Bertz CT molecular complexity index is 1800. The molecule has 0 fully saturated rings. The number of hydrogen-bond acceptors (Lipinski definition) is 9. The molecule has 12 heteroatoms. The molecule has 224 valence electrons. The van der Waals surface area contributed by atoms with Crippen LogP contribution in [-0.4, -0.2) is 50.2 Å². The molecule has 10 nitrogen and oxygen atoms in total. The average Bonchev–Trinajstić information content (AvgIpc) is 3.86. The maximum atomic E-state index is 13.8. The highest BCUT2D eigenvalue weighted by Gasteiger charge is 2.34. The number of furan rings is 1. The molecule has 44 heavy (non-hydrogen) atoms. The van der Waals surface area contributed by atoms with Crippen molar-refractivity contribution in [2.45, 2.75) is 38.0 Å². The Hall–Kier alpha value is -4.68. The molecule has 0 bridgehead atoms. The summed E-state index contributed by atoms with van der Waals surface area (Å²) in [4.78, 5) is 27.4. The van der Waals surface area contributed by atoms with E-state index >= 15 is 0 Å². The molecule has 0 radical (unpaired) electrons. The third-order valence-corrected chi connectivity index (χ3v) is 9.09. The molecule has 0 aliphatic carbocycles. The van der Waals surface area contributed by atoms with Gasteiger partial charge in [-0.3, -0.25) is 14.2 Å². The Balaban J connectivity index is 1.26. The van der Waals surface area contributed by atoms with Gasteiger partial charge in [0.25, 0.3) is 11.8 Å². The van der Waals surface area contributed by atoms with E-state index in [2.05, 4.69) is 15.5 Å². The second-order valence-corrected chi connectivity index (χ2v) is 12.1. The topological polar surface area (TPSA) is 115 Å². The number of carbonyl (C=O) groups excluding carboxylic acids is 2. The Kier molecular flexibility index (Phi) is 8.62. The molecule has 5 aromatic rings. The Morgan fingerprint density at radius 3 is 2.66 bits per heavy atom. The van der Waals surface area contributed by atoms with Crippen LogP contribution in [0.2, 0.25) is 0 Å². The molecule has 1 aliphatic rings.